The van der Waals surface area contributed by atoms with Crippen LogP contribution < -0.4 is 0 Å². The molecule has 24 heavy (non-hydrogen) atoms. The Morgan fingerprint density at radius 1 is 1.12 bits per heavy atom. The molecule has 0 N–H and O–H groups in total. The summed E-state index contributed by atoms with van der Waals surface area (Å²) in [6.07, 6.45) is 4.25. The van der Waals surface area contributed by atoms with Crippen LogP contribution in [0.3, 0.4) is 0 Å². The number of hydrogen-bond acceptors (Lipinski definition) is 3. The summed E-state index contributed by atoms with van der Waals surface area (Å²) >= 11 is 0. The van der Waals surface area contributed by atoms with Crippen LogP contribution >= 0.6 is 0 Å². The zero-order chi connectivity index (χ0) is 16.5. The Kier molecular flexibility index (Phi) is 3.61. The predicted octanol–water partition coefficient (Wildman–Crippen LogP) is 3.03. The lowest BCUT2D eigenvalue weighted by molar-refractivity contribution is 0.0677. The number of rotatable bonds is 2. The van der Waals surface area contributed by atoms with E-state index in [0.717, 1.165) is 18.7 Å². The highest BCUT2D eigenvalue weighted by molar-refractivity contribution is 5.98. The van der Waals surface area contributed by atoms with Crippen LogP contribution in [0.2, 0.25) is 0 Å². The SMILES string of the molecule is CC1c2ccccc2CCN1C(=O)c1ccccc1-n1ccnn1. The fourth-order valence-corrected chi connectivity index (χ4v) is 3.39. The van der Waals surface area contributed by atoms with E-state index in [1.807, 2.05) is 35.2 Å². The third kappa shape index (κ3) is 2.38. The van der Waals surface area contributed by atoms with Gasteiger partial charge < -0.3 is 4.90 Å². The predicted molar refractivity (Wildman–Crippen MR) is 91.0 cm³/mol. The lowest BCUT2D eigenvalue weighted by atomic mass is 9.93. The van der Waals surface area contributed by atoms with Crippen molar-refractivity contribution in [3.05, 3.63) is 77.6 Å². The molecule has 3 aromatic rings. The van der Waals surface area contributed by atoms with Gasteiger partial charge in [-0.05, 0) is 36.6 Å². The number of hydrogen-bond donors (Lipinski definition) is 0. The highest BCUT2D eigenvalue weighted by Crippen LogP contribution is 2.31. The molecule has 120 valence electrons. The average molecular weight is 318 g/mol. The van der Waals surface area contributed by atoms with Crippen LogP contribution in [-0.2, 0) is 6.42 Å². The number of carbonyl (C=O) groups excluding carboxylic acids is 1. The van der Waals surface area contributed by atoms with Crippen molar-refractivity contribution in [2.24, 2.45) is 0 Å². The minimum atomic E-state index is 0.0307. The van der Waals surface area contributed by atoms with Gasteiger partial charge in [0.2, 0.25) is 0 Å². The van der Waals surface area contributed by atoms with E-state index in [9.17, 15) is 4.79 Å². The van der Waals surface area contributed by atoms with Crippen molar-refractivity contribution in [2.75, 3.05) is 6.54 Å². The molecule has 0 fully saturated rings. The molecule has 2 heterocycles. The highest BCUT2D eigenvalue weighted by atomic mass is 16.2. The Bertz CT molecular complexity index is 873. The van der Waals surface area contributed by atoms with E-state index in [4.69, 9.17) is 0 Å². The molecule has 1 unspecified atom stereocenters. The van der Waals surface area contributed by atoms with Gasteiger partial charge >= 0.3 is 0 Å². The first-order valence-electron chi connectivity index (χ1n) is 8.10. The van der Waals surface area contributed by atoms with E-state index >= 15 is 0 Å². The van der Waals surface area contributed by atoms with Crippen LogP contribution in [0.5, 0.6) is 0 Å². The number of fused-ring (bicyclic) bond motifs is 1. The molecular weight excluding hydrogens is 300 g/mol. The van der Waals surface area contributed by atoms with Crippen LogP contribution in [0.1, 0.15) is 34.5 Å². The summed E-state index contributed by atoms with van der Waals surface area (Å²) in [5.74, 6) is 0.0307. The van der Waals surface area contributed by atoms with Gasteiger partial charge in [0, 0.05) is 6.54 Å². The van der Waals surface area contributed by atoms with Crippen molar-refractivity contribution in [3.63, 3.8) is 0 Å². The maximum atomic E-state index is 13.2. The van der Waals surface area contributed by atoms with Gasteiger partial charge in [-0.1, -0.05) is 41.6 Å². The molecule has 0 bridgehead atoms. The smallest absolute Gasteiger partial charge is 0.256 e. The normalized spacial score (nSPS) is 16.7. The Balaban J connectivity index is 1.71. The fourth-order valence-electron chi connectivity index (χ4n) is 3.39. The van der Waals surface area contributed by atoms with E-state index in [1.54, 1.807) is 17.1 Å². The quantitative estimate of drug-likeness (QED) is 0.730. The van der Waals surface area contributed by atoms with Crippen molar-refractivity contribution < 1.29 is 4.79 Å². The second-order valence-electron chi connectivity index (χ2n) is 5.99. The second-order valence-corrected chi connectivity index (χ2v) is 5.99. The third-order valence-electron chi connectivity index (χ3n) is 4.66. The average Bonchev–Trinajstić information content (AvgIpc) is 3.16. The van der Waals surface area contributed by atoms with Crippen molar-refractivity contribution in [1.82, 2.24) is 19.9 Å². The van der Waals surface area contributed by atoms with E-state index in [1.165, 1.54) is 11.1 Å². The van der Waals surface area contributed by atoms with Crippen molar-refractivity contribution in [3.8, 4) is 5.69 Å². The summed E-state index contributed by atoms with van der Waals surface area (Å²) in [7, 11) is 0. The number of nitrogens with zero attached hydrogens (tertiary/aromatic N) is 4. The Morgan fingerprint density at radius 3 is 2.75 bits per heavy atom. The van der Waals surface area contributed by atoms with Gasteiger partial charge in [0.1, 0.15) is 0 Å². The first kappa shape index (κ1) is 14.6. The second kappa shape index (κ2) is 5.92. The topological polar surface area (TPSA) is 51.0 Å². The molecule has 5 nitrogen and oxygen atoms in total. The van der Waals surface area contributed by atoms with E-state index < -0.39 is 0 Å². The number of aromatic nitrogens is 3. The van der Waals surface area contributed by atoms with Crippen LogP contribution in [0.4, 0.5) is 0 Å². The van der Waals surface area contributed by atoms with Crippen molar-refractivity contribution in [1.29, 1.82) is 0 Å². The van der Waals surface area contributed by atoms with Gasteiger partial charge in [0.25, 0.3) is 5.91 Å². The van der Waals surface area contributed by atoms with Gasteiger partial charge in [-0.15, -0.1) is 5.10 Å². The van der Waals surface area contributed by atoms with Gasteiger partial charge in [0.05, 0.1) is 29.7 Å². The van der Waals surface area contributed by atoms with Gasteiger partial charge in [0.15, 0.2) is 0 Å². The van der Waals surface area contributed by atoms with Gasteiger partial charge in [-0.3, -0.25) is 4.79 Å². The molecule has 0 saturated heterocycles. The lowest BCUT2D eigenvalue weighted by Gasteiger charge is -2.35. The molecule has 0 spiro atoms. The molecule has 0 radical (unpaired) electrons. The lowest BCUT2D eigenvalue weighted by Crippen LogP contribution is -2.39. The molecular formula is C19H18N4O. The summed E-state index contributed by atoms with van der Waals surface area (Å²) in [5.41, 5.74) is 3.97. The van der Waals surface area contributed by atoms with Crippen LogP contribution in [-0.4, -0.2) is 32.3 Å². The highest BCUT2D eigenvalue weighted by Gasteiger charge is 2.29. The molecule has 0 aliphatic carbocycles. The zero-order valence-electron chi connectivity index (χ0n) is 13.5. The van der Waals surface area contributed by atoms with Crippen molar-refractivity contribution >= 4 is 5.91 Å². The van der Waals surface area contributed by atoms with E-state index in [2.05, 4.69) is 35.4 Å². The first-order chi connectivity index (χ1) is 11.8. The molecule has 4 rings (SSSR count). The third-order valence-corrected chi connectivity index (χ3v) is 4.66. The minimum absolute atomic E-state index is 0.0307. The van der Waals surface area contributed by atoms with Gasteiger partial charge in [-0.25, -0.2) is 4.68 Å². The van der Waals surface area contributed by atoms with Gasteiger partial charge in [-0.2, -0.15) is 0 Å². The minimum Gasteiger partial charge on any atom is -0.331 e. The van der Waals surface area contributed by atoms with E-state index in [0.29, 0.717) is 5.56 Å². The van der Waals surface area contributed by atoms with Crippen LogP contribution in [0.25, 0.3) is 5.69 Å². The molecule has 1 aromatic heterocycles. The number of carbonyl (C=O) groups is 1. The van der Waals surface area contributed by atoms with Crippen LogP contribution in [0, 0.1) is 0 Å². The van der Waals surface area contributed by atoms with Crippen molar-refractivity contribution in [2.45, 2.75) is 19.4 Å². The fraction of sp³-hybridized carbons (Fsp3) is 0.211. The summed E-state index contributed by atoms with van der Waals surface area (Å²) in [5, 5.41) is 7.87. The largest absolute Gasteiger partial charge is 0.331 e. The number of benzene rings is 2. The molecule has 1 atom stereocenters. The Morgan fingerprint density at radius 2 is 1.92 bits per heavy atom. The number of amides is 1. The van der Waals surface area contributed by atoms with E-state index in [-0.39, 0.29) is 11.9 Å². The first-order valence-corrected chi connectivity index (χ1v) is 8.10. The summed E-state index contributed by atoms with van der Waals surface area (Å²) in [4.78, 5) is 15.1. The summed E-state index contributed by atoms with van der Waals surface area (Å²) < 4.78 is 1.63. The molecule has 1 amide bonds. The number of para-hydroxylation sites is 1. The monoisotopic (exact) mass is 318 g/mol. The summed E-state index contributed by atoms with van der Waals surface area (Å²) in [6.45, 7) is 2.82. The Hall–Kier alpha value is -2.95. The Labute approximate surface area is 140 Å². The molecule has 1 aliphatic rings. The molecule has 0 saturated carbocycles. The molecule has 5 heteroatoms. The zero-order valence-corrected chi connectivity index (χ0v) is 13.5. The standard InChI is InChI=1S/C19H18N4O/c1-14-16-7-3-2-6-15(16)10-12-22(14)19(24)17-8-4-5-9-18(17)23-13-11-20-21-23/h2-9,11,13-14H,10,12H2,1H3. The molecule has 1 aliphatic heterocycles. The maximum Gasteiger partial charge on any atom is 0.256 e. The molecule has 2 aromatic carbocycles. The van der Waals surface area contributed by atoms with Crippen LogP contribution in [0.15, 0.2) is 60.9 Å². The summed E-state index contributed by atoms with van der Waals surface area (Å²) in [6, 6.07) is 16.0. The maximum absolute atomic E-state index is 13.2.